The number of ketones is 4. The van der Waals surface area contributed by atoms with Crippen molar-refractivity contribution in [1.82, 2.24) is 0 Å². The number of Topliss-reactive ketones (excluding diaryl/α,β-unsaturated/α-hetero) is 4. The van der Waals surface area contributed by atoms with Crippen molar-refractivity contribution in [1.29, 1.82) is 0 Å². The molecule has 4 aromatic rings. The van der Waals surface area contributed by atoms with E-state index in [-0.39, 0.29) is 164 Å². The number of hydrogen-bond acceptors (Lipinski definition) is 20. The molecule has 100 heavy (non-hydrogen) atoms. The highest BCUT2D eigenvalue weighted by Gasteiger charge is 2.28. The average Bonchev–Trinajstić information content (AvgIpc) is 0.771. The molecule has 0 amide bonds. The second-order valence-electron chi connectivity index (χ2n) is 25.3. The molecule has 0 saturated heterocycles. The second kappa shape index (κ2) is 44.2. The average molecular weight is 1390 g/mol. The lowest BCUT2D eigenvalue weighted by atomic mass is 9.86. The van der Waals surface area contributed by atoms with Crippen molar-refractivity contribution in [2.45, 2.75) is 208 Å². The van der Waals surface area contributed by atoms with Crippen molar-refractivity contribution >= 4 is 58.9 Å². The molecular weight excluding hydrogens is 1280 g/mol. The third-order valence-corrected chi connectivity index (χ3v) is 16.7. The predicted octanol–water partition coefficient (Wildman–Crippen LogP) is 14.9. The number of fused-ring (bicyclic) bond motifs is 8. The number of benzene rings is 4. The summed E-state index contributed by atoms with van der Waals surface area (Å²) in [5, 5.41) is 0. The number of methoxy groups -OCH3 is 2. The zero-order chi connectivity index (χ0) is 72.9. The first-order valence-corrected chi connectivity index (χ1v) is 35.5. The van der Waals surface area contributed by atoms with Crippen LogP contribution in [-0.2, 0) is 82.9 Å². The molecule has 544 valence electrons. The fraction of sp³-hybridized carbons (Fsp3) is 0.525. The number of ether oxygens (including phenoxy) is 10. The molecule has 20 nitrogen and oxygen atoms in total. The van der Waals surface area contributed by atoms with Crippen LogP contribution in [-0.4, -0.2) is 126 Å². The van der Waals surface area contributed by atoms with Crippen LogP contribution in [0.1, 0.15) is 269 Å². The number of esters is 6. The first-order valence-electron chi connectivity index (χ1n) is 35.5. The van der Waals surface area contributed by atoms with Gasteiger partial charge >= 0.3 is 35.8 Å². The summed E-state index contributed by atoms with van der Waals surface area (Å²) in [5.41, 5.74) is 6.08. The van der Waals surface area contributed by atoms with Gasteiger partial charge in [-0.25, -0.2) is 9.59 Å². The zero-order valence-corrected chi connectivity index (χ0v) is 60.2. The Morgan fingerprint density at radius 2 is 0.530 bits per heavy atom. The fourth-order valence-corrected chi connectivity index (χ4v) is 11.4. The van der Waals surface area contributed by atoms with E-state index in [4.69, 9.17) is 37.9 Å². The van der Waals surface area contributed by atoms with Gasteiger partial charge in [0, 0.05) is 110 Å². The van der Waals surface area contributed by atoms with E-state index in [9.17, 15) is 47.9 Å². The lowest BCUT2D eigenvalue weighted by molar-refractivity contribution is -0.155. The van der Waals surface area contributed by atoms with Crippen molar-refractivity contribution in [2.75, 3.05) is 67.1 Å². The quantitative estimate of drug-likeness (QED) is 0.00875. The van der Waals surface area contributed by atoms with E-state index in [1.54, 1.807) is 62.4 Å². The maximum absolute atomic E-state index is 14.9. The maximum atomic E-state index is 14.9. The Morgan fingerprint density at radius 3 is 0.730 bits per heavy atom. The van der Waals surface area contributed by atoms with E-state index in [2.05, 4.69) is 50.3 Å². The van der Waals surface area contributed by atoms with Gasteiger partial charge in [-0.1, -0.05) is 92.2 Å². The fourth-order valence-electron chi connectivity index (χ4n) is 11.4. The Hall–Kier alpha value is -8.94. The molecule has 0 atom stereocenters. The van der Waals surface area contributed by atoms with Crippen LogP contribution in [0.3, 0.4) is 0 Å². The lowest BCUT2D eigenvalue weighted by Crippen LogP contribution is -2.16. The Morgan fingerprint density at radius 1 is 0.310 bits per heavy atom. The first-order chi connectivity index (χ1) is 48.1. The van der Waals surface area contributed by atoms with Gasteiger partial charge in [0.2, 0.25) is 0 Å². The number of unbranched alkanes of at least 4 members (excludes halogenated alkanes) is 8. The zero-order valence-electron chi connectivity index (χ0n) is 60.2. The van der Waals surface area contributed by atoms with Crippen molar-refractivity contribution in [2.24, 2.45) is 0 Å². The number of hydrogen-bond donors (Lipinski definition) is 0. The highest BCUT2D eigenvalue weighted by Crippen LogP contribution is 2.42. The largest absolute Gasteiger partial charge is 0.493 e. The first kappa shape index (κ1) is 81.7. The summed E-state index contributed by atoms with van der Waals surface area (Å²) in [6, 6.07) is 14.4. The van der Waals surface area contributed by atoms with Crippen LogP contribution in [0.5, 0.6) is 23.0 Å². The van der Waals surface area contributed by atoms with Crippen LogP contribution < -0.4 is 18.9 Å². The second-order valence-corrected chi connectivity index (χ2v) is 25.3. The molecule has 8 bridgehead atoms. The molecule has 5 rings (SSSR count). The smallest absolute Gasteiger partial charge is 0.333 e. The summed E-state index contributed by atoms with van der Waals surface area (Å²) >= 11 is 0. The minimum Gasteiger partial charge on any atom is -0.493 e. The molecule has 0 spiro atoms. The minimum absolute atomic E-state index is 0.0116. The Balaban J connectivity index is 1.99. The number of carbonyl (C=O) groups is 10. The summed E-state index contributed by atoms with van der Waals surface area (Å²) in [5.74, 6) is -3.36. The van der Waals surface area contributed by atoms with Gasteiger partial charge in [0.1, 0.15) is 35.8 Å². The van der Waals surface area contributed by atoms with E-state index in [1.807, 2.05) is 0 Å². The van der Waals surface area contributed by atoms with Gasteiger partial charge in [-0.3, -0.25) is 38.4 Å². The number of carbonyl (C=O) groups excluding carboxylic acids is 10. The minimum atomic E-state index is -0.786. The Bertz CT molecular complexity index is 3170. The van der Waals surface area contributed by atoms with E-state index in [0.29, 0.717) is 115 Å². The van der Waals surface area contributed by atoms with Crippen molar-refractivity contribution in [3.8, 4) is 23.0 Å². The summed E-state index contributed by atoms with van der Waals surface area (Å²) in [6.07, 6.45) is 9.58. The van der Waals surface area contributed by atoms with Crippen molar-refractivity contribution in [3.63, 3.8) is 0 Å². The maximum Gasteiger partial charge on any atom is 0.333 e. The molecule has 1 aliphatic rings. The van der Waals surface area contributed by atoms with Gasteiger partial charge < -0.3 is 47.4 Å². The normalized spacial score (nSPS) is 11.5. The SMILES string of the molecule is C=C(C)C(=O)OCCCOc1c2cc(C(=O)CCCCC)cc1Cc1cc(C(=O)CCCCC)cc(c1OCCCOC(=O)CC(=O)OC)Cc1cc(C(=O)CCCCC)cc(c1OCCCOC(=O)C(=C)C)Cc1cc(C(=O)CCCCC)cc(c1OCCCOC(=O)CC(=O)OC)C2. The monoisotopic (exact) mass is 1380 g/mol. The summed E-state index contributed by atoms with van der Waals surface area (Å²) in [4.78, 5) is 134. The van der Waals surface area contributed by atoms with Crippen molar-refractivity contribution < 1.29 is 95.3 Å². The molecule has 0 radical (unpaired) electrons. The topological polar surface area (TPSA) is 263 Å². The van der Waals surface area contributed by atoms with Crippen LogP contribution in [0.25, 0.3) is 0 Å². The van der Waals surface area contributed by atoms with Gasteiger partial charge in [0.25, 0.3) is 0 Å². The third kappa shape index (κ3) is 27.3. The van der Waals surface area contributed by atoms with Crippen LogP contribution >= 0.6 is 0 Å². The highest BCUT2D eigenvalue weighted by atomic mass is 16.6. The lowest BCUT2D eigenvalue weighted by Gasteiger charge is -2.25. The third-order valence-electron chi connectivity index (χ3n) is 16.7. The molecule has 0 aliphatic heterocycles. The molecule has 4 aromatic carbocycles. The van der Waals surface area contributed by atoms with Gasteiger partial charge in [-0.2, -0.15) is 0 Å². The molecule has 20 heteroatoms. The van der Waals surface area contributed by atoms with Crippen LogP contribution in [0.15, 0.2) is 72.8 Å². The molecule has 0 fully saturated rings. The van der Waals surface area contributed by atoms with E-state index in [1.165, 1.54) is 14.2 Å². The van der Waals surface area contributed by atoms with E-state index < -0.39 is 48.7 Å². The van der Waals surface area contributed by atoms with Gasteiger partial charge in [-0.15, -0.1) is 0 Å². The van der Waals surface area contributed by atoms with Gasteiger partial charge in [-0.05, 0) is 133 Å². The molecule has 0 N–H and O–H groups in total. The van der Waals surface area contributed by atoms with Crippen LogP contribution in [0.4, 0.5) is 0 Å². The molecule has 0 heterocycles. The standard InChI is InChI=1S/C80H104O20/c1-11-15-19-27-67(81)55-39-59-47-63-43-57(69(83)29-21-17-13-3)45-65(77(63)97-35-25-37-99-79(89)53(5)6)49-61-41-56(68(82)28-20-16-12-2)42-62(76(61)96-34-24-32-94-74(88)52-72(86)92-10)50-66-46-58(70(84)30-22-18-14-4)44-64(78(66)98-36-26-38-100-80(90)54(7)8)48-60(40-55)75(59)95-33-23-31-93-73(87)51-71(85)91-9/h39-46H,5,7,11-38,47-52H2,1-4,6,8-10H3. The van der Waals surface area contributed by atoms with E-state index >= 15 is 0 Å². The highest BCUT2D eigenvalue weighted by molar-refractivity contribution is 5.99. The summed E-state index contributed by atoms with van der Waals surface area (Å²) in [6.45, 7) is 18.4. The summed E-state index contributed by atoms with van der Waals surface area (Å²) < 4.78 is 59.1. The predicted molar refractivity (Wildman–Crippen MR) is 378 cm³/mol. The number of rotatable bonds is 46. The van der Waals surface area contributed by atoms with Gasteiger partial charge in [0.05, 0.1) is 67.1 Å². The Kier molecular flexibility index (Phi) is 36.2. The molecular formula is C80H104O20. The summed E-state index contributed by atoms with van der Waals surface area (Å²) in [7, 11) is 2.35. The van der Waals surface area contributed by atoms with E-state index in [0.717, 1.165) is 51.4 Å². The molecule has 0 saturated carbocycles. The van der Waals surface area contributed by atoms with Crippen LogP contribution in [0.2, 0.25) is 0 Å². The van der Waals surface area contributed by atoms with Crippen LogP contribution in [0, 0.1) is 0 Å². The van der Waals surface area contributed by atoms with Gasteiger partial charge in [0.15, 0.2) is 23.1 Å². The molecule has 0 unspecified atom stereocenters. The van der Waals surface area contributed by atoms with Crippen molar-refractivity contribution in [3.05, 3.63) is 140 Å². The molecule has 0 aromatic heterocycles. The molecule has 1 aliphatic carbocycles. The Labute approximate surface area is 589 Å².